The van der Waals surface area contributed by atoms with Crippen LogP contribution < -0.4 is 15.4 Å². The fourth-order valence-electron chi connectivity index (χ4n) is 3.76. The predicted octanol–water partition coefficient (Wildman–Crippen LogP) is 5.70. The molecule has 0 fully saturated rings. The summed E-state index contributed by atoms with van der Waals surface area (Å²) in [6, 6.07) is 24.2. The Morgan fingerprint density at radius 1 is 0.861 bits per heavy atom. The van der Waals surface area contributed by atoms with E-state index in [0.717, 1.165) is 19.3 Å². The van der Waals surface area contributed by atoms with Crippen LogP contribution in [0.3, 0.4) is 0 Å². The van der Waals surface area contributed by atoms with Gasteiger partial charge < -0.3 is 15.0 Å². The van der Waals surface area contributed by atoms with Gasteiger partial charge in [0.2, 0.25) is 0 Å². The number of anilines is 1. The minimum absolute atomic E-state index is 0.0126. The molecule has 0 radical (unpaired) electrons. The molecule has 3 aromatic carbocycles. The lowest BCUT2D eigenvalue weighted by Gasteiger charge is -2.21. The minimum Gasteiger partial charge on any atom is -0.493 e. The average molecular weight is 504 g/mol. The first-order valence-electron chi connectivity index (χ1n) is 12.3. The van der Waals surface area contributed by atoms with Gasteiger partial charge in [-0.05, 0) is 67.0 Å². The first kappa shape index (κ1) is 26.9. The Hall–Kier alpha value is -3.71. The molecule has 7 heteroatoms. The molecule has 3 rings (SSSR count). The summed E-state index contributed by atoms with van der Waals surface area (Å²) >= 11 is 5.34. The largest absolute Gasteiger partial charge is 0.493 e. The van der Waals surface area contributed by atoms with E-state index >= 15 is 0 Å². The molecule has 0 bridgehead atoms. The number of hydrogen-bond acceptors (Lipinski definition) is 4. The van der Waals surface area contributed by atoms with Crippen LogP contribution in [-0.2, 0) is 6.42 Å². The van der Waals surface area contributed by atoms with E-state index in [1.807, 2.05) is 29.2 Å². The van der Waals surface area contributed by atoms with Gasteiger partial charge in [-0.25, -0.2) is 0 Å². The molecule has 0 aliphatic heterocycles. The quantitative estimate of drug-likeness (QED) is 0.329. The zero-order valence-electron chi connectivity index (χ0n) is 20.8. The van der Waals surface area contributed by atoms with Gasteiger partial charge in [0.25, 0.3) is 11.8 Å². The maximum atomic E-state index is 12.9. The van der Waals surface area contributed by atoms with Gasteiger partial charge in [0, 0.05) is 36.3 Å². The summed E-state index contributed by atoms with van der Waals surface area (Å²) in [6.07, 6.45) is 2.58. The highest BCUT2D eigenvalue weighted by molar-refractivity contribution is 7.80. The van der Waals surface area contributed by atoms with Gasteiger partial charge in [0.1, 0.15) is 5.75 Å². The molecule has 0 aliphatic carbocycles. The molecule has 0 aromatic heterocycles. The van der Waals surface area contributed by atoms with Crippen LogP contribution in [0.5, 0.6) is 5.75 Å². The van der Waals surface area contributed by atoms with E-state index in [-0.39, 0.29) is 16.9 Å². The molecule has 36 heavy (non-hydrogen) atoms. The van der Waals surface area contributed by atoms with Crippen molar-refractivity contribution < 1.29 is 14.3 Å². The molecular weight excluding hydrogens is 470 g/mol. The highest BCUT2D eigenvalue weighted by Crippen LogP contribution is 2.16. The number of nitrogens with zero attached hydrogens (tertiary/aromatic N) is 1. The molecule has 0 saturated carbocycles. The van der Waals surface area contributed by atoms with Crippen molar-refractivity contribution in [2.45, 2.75) is 33.1 Å². The van der Waals surface area contributed by atoms with Crippen molar-refractivity contribution in [2.75, 3.05) is 25.0 Å². The Morgan fingerprint density at radius 3 is 2.28 bits per heavy atom. The highest BCUT2D eigenvalue weighted by Gasteiger charge is 2.15. The van der Waals surface area contributed by atoms with Gasteiger partial charge >= 0.3 is 0 Å². The second-order valence-electron chi connectivity index (χ2n) is 8.39. The SMILES string of the molecule is CCCN(CCC)C(=O)c1cccc(NC(=S)NC(=O)c2cccc(OCCc3ccccc3)c2)c1. The van der Waals surface area contributed by atoms with Crippen LogP contribution in [-0.4, -0.2) is 41.5 Å². The Labute approximate surface area is 218 Å². The van der Waals surface area contributed by atoms with E-state index in [0.29, 0.717) is 42.3 Å². The Morgan fingerprint density at radius 2 is 1.56 bits per heavy atom. The van der Waals surface area contributed by atoms with Gasteiger partial charge in [-0.2, -0.15) is 0 Å². The van der Waals surface area contributed by atoms with E-state index < -0.39 is 0 Å². The molecule has 6 nitrogen and oxygen atoms in total. The molecule has 0 atom stereocenters. The van der Waals surface area contributed by atoms with Gasteiger partial charge in [-0.1, -0.05) is 56.3 Å². The molecule has 3 aromatic rings. The highest BCUT2D eigenvalue weighted by atomic mass is 32.1. The summed E-state index contributed by atoms with van der Waals surface area (Å²) < 4.78 is 5.83. The van der Waals surface area contributed by atoms with Crippen molar-refractivity contribution in [3.05, 3.63) is 95.6 Å². The lowest BCUT2D eigenvalue weighted by molar-refractivity contribution is 0.0755. The van der Waals surface area contributed by atoms with Crippen LogP contribution in [0.15, 0.2) is 78.9 Å². The van der Waals surface area contributed by atoms with Crippen LogP contribution in [0.25, 0.3) is 0 Å². The topological polar surface area (TPSA) is 70.7 Å². The van der Waals surface area contributed by atoms with Crippen molar-refractivity contribution in [3.63, 3.8) is 0 Å². The second kappa shape index (κ2) is 14.0. The molecule has 0 heterocycles. The molecular formula is C29H33N3O3S. The fourth-order valence-corrected chi connectivity index (χ4v) is 3.97. The van der Waals surface area contributed by atoms with Crippen LogP contribution in [0, 0.1) is 0 Å². The number of ether oxygens (including phenoxy) is 1. The number of thiocarbonyl (C=S) groups is 1. The average Bonchev–Trinajstić information content (AvgIpc) is 2.89. The van der Waals surface area contributed by atoms with Gasteiger partial charge in [-0.3, -0.25) is 14.9 Å². The predicted molar refractivity (Wildman–Crippen MR) is 149 cm³/mol. The standard InChI is InChI=1S/C29H33N3O3S/c1-3-17-32(18-4-2)28(34)24-13-8-14-25(20-24)30-29(36)31-27(33)23-12-9-15-26(21-23)35-19-16-22-10-6-5-7-11-22/h5-15,20-21H,3-4,16-19H2,1-2H3,(H2,30,31,33,36). The fraction of sp³-hybridized carbons (Fsp3) is 0.276. The van der Waals surface area contributed by atoms with E-state index in [1.54, 1.807) is 42.5 Å². The van der Waals surface area contributed by atoms with Gasteiger partial charge in [0.15, 0.2) is 5.11 Å². The van der Waals surface area contributed by atoms with Crippen molar-refractivity contribution in [2.24, 2.45) is 0 Å². The first-order valence-corrected chi connectivity index (χ1v) is 12.7. The molecule has 2 amide bonds. The van der Waals surface area contributed by atoms with Crippen LogP contribution in [0.4, 0.5) is 5.69 Å². The summed E-state index contributed by atoms with van der Waals surface area (Å²) in [4.78, 5) is 27.5. The van der Waals surface area contributed by atoms with Gasteiger partial charge in [-0.15, -0.1) is 0 Å². The third kappa shape index (κ3) is 8.20. The van der Waals surface area contributed by atoms with Crippen molar-refractivity contribution in [1.29, 1.82) is 0 Å². The number of rotatable bonds is 11. The van der Waals surface area contributed by atoms with Crippen molar-refractivity contribution in [3.8, 4) is 5.75 Å². The maximum absolute atomic E-state index is 12.9. The number of amides is 2. The lowest BCUT2D eigenvalue weighted by Crippen LogP contribution is -2.34. The maximum Gasteiger partial charge on any atom is 0.257 e. The van der Waals surface area contributed by atoms with Crippen molar-refractivity contribution in [1.82, 2.24) is 10.2 Å². The lowest BCUT2D eigenvalue weighted by atomic mass is 10.1. The third-order valence-corrected chi connectivity index (χ3v) is 5.67. The Kier molecular flexibility index (Phi) is 10.5. The summed E-state index contributed by atoms with van der Waals surface area (Å²) in [5.74, 6) is 0.263. The normalized spacial score (nSPS) is 10.4. The monoisotopic (exact) mass is 503 g/mol. The molecule has 2 N–H and O–H groups in total. The Bertz CT molecular complexity index is 1160. The summed E-state index contributed by atoms with van der Waals surface area (Å²) in [5, 5.41) is 5.85. The number of benzene rings is 3. The van der Waals surface area contributed by atoms with Gasteiger partial charge in [0.05, 0.1) is 6.61 Å². The van der Waals surface area contributed by atoms with Crippen LogP contribution in [0.1, 0.15) is 53.0 Å². The number of hydrogen-bond donors (Lipinski definition) is 2. The summed E-state index contributed by atoms with van der Waals surface area (Å²) in [7, 11) is 0. The van der Waals surface area contributed by atoms with Crippen molar-refractivity contribution >= 4 is 34.8 Å². The molecule has 0 unspecified atom stereocenters. The van der Waals surface area contributed by atoms with E-state index in [1.165, 1.54) is 5.56 Å². The van der Waals surface area contributed by atoms with Crippen LogP contribution >= 0.6 is 12.2 Å². The number of carbonyl (C=O) groups is 2. The zero-order valence-corrected chi connectivity index (χ0v) is 21.6. The summed E-state index contributed by atoms with van der Waals surface area (Å²) in [5.41, 5.74) is 2.85. The third-order valence-electron chi connectivity index (χ3n) is 5.47. The summed E-state index contributed by atoms with van der Waals surface area (Å²) in [6.45, 7) is 6.06. The molecule has 188 valence electrons. The number of nitrogens with one attached hydrogen (secondary N) is 2. The van der Waals surface area contributed by atoms with E-state index in [9.17, 15) is 9.59 Å². The Balaban J connectivity index is 1.55. The smallest absolute Gasteiger partial charge is 0.257 e. The van der Waals surface area contributed by atoms with E-state index in [4.69, 9.17) is 17.0 Å². The van der Waals surface area contributed by atoms with Crippen LogP contribution in [0.2, 0.25) is 0 Å². The zero-order chi connectivity index (χ0) is 25.8. The minimum atomic E-state index is -0.342. The molecule has 0 spiro atoms. The van der Waals surface area contributed by atoms with E-state index in [2.05, 4.69) is 36.6 Å². The first-order chi connectivity index (χ1) is 17.5. The molecule has 0 saturated heterocycles. The molecule has 0 aliphatic rings. The second-order valence-corrected chi connectivity index (χ2v) is 8.80. The number of carbonyl (C=O) groups excluding carboxylic acids is 2.